The van der Waals surface area contributed by atoms with Gasteiger partial charge in [-0.1, -0.05) is 19.1 Å². The molecule has 1 aromatic carbocycles. The molecule has 0 bridgehead atoms. The Hall–Kier alpha value is -2.56. The summed E-state index contributed by atoms with van der Waals surface area (Å²) in [6, 6.07) is 8.20. The van der Waals surface area contributed by atoms with E-state index in [4.69, 9.17) is 0 Å². The molecule has 1 aromatic heterocycles. The van der Waals surface area contributed by atoms with Gasteiger partial charge in [0.1, 0.15) is 5.69 Å². The molecule has 0 aliphatic heterocycles. The van der Waals surface area contributed by atoms with Gasteiger partial charge in [0.2, 0.25) is 0 Å². The molecule has 0 spiro atoms. The summed E-state index contributed by atoms with van der Waals surface area (Å²) >= 11 is 0. The Bertz CT molecular complexity index is 788. The first-order valence-electron chi connectivity index (χ1n) is 9.08. The Balaban J connectivity index is 2.29. The molecule has 0 fully saturated rings. The fraction of sp³-hybridized carbons (Fsp3) is 0.429. The van der Waals surface area contributed by atoms with Gasteiger partial charge in [0.05, 0.1) is 0 Å². The lowest BCUT2D eigenvalue weighted by Crippen LogP contribution is -2.31. The molecule has 26 heavy (non-hydrogen) atoms. The summed E-state index contributed by atoms with van der Waals surface area (Å²) in [6.07, 6.45) is 0.648. The van der Waals surface area contributed by atoms with Crippen LogP contribution in [0.1, 0.15) is 58.4 Å². The third-order valence-electron chi connectivity index (χ3n) is 4.71. The summed E-state index contributed by atoms with van der Waals surface area (Å²) in [4.78, 5) is 32.1. The average molecular weight is 355 g/mol. The number of nitrogens with zero attached hydrogens (tertiary/aromatic N) is 2. The molecule has 0 atom stereocenters. The van der Waals surface area contributed by atoms with Crippen molar-refractivity contribution in [1.29, 1.82) is 0 Å². The Labute approximate surface area is 156 Å². The largest absolute Gasteiger partial charge is 0.378 e. The molecule has 0 aliphatic carbocycles. The average Bonchev–Trinajstić information content (AvgIpc) is 2.95. The topological polar surface area (TPSA) is 56.4 Å². The second-order valence-corrected chi connectivity index (χ2v) is 6.77. The first kappa shape index (κ1) is 19.8. The quantitative estimate of drug-likeness (QED) is 0.768. The molecule has 0 saturated heterocycles. The maximum absolute atomic E-state index is 13.1. The summed E-state index contributed by atoms with van der Waals surface area (Å²) < 4.78 is 0. The molecule has 0 aliphatic rings. The molecule has 1 heterocycles. The van der Waals surface area contributed by atoms with Crippen LogP contribution >= 0.6 is 0 Å². The summed E-state index contributed by atoms with van der Waals surface area (Å²) in [5.41, 5.74) is 5.00. The number of anilines is 1. The molecule has 5 heteroatoms. The van der Waals surface area contributed by atoms with Gasteiger partial charge in [0.15, 0.2) is 5.78 Å². The SMILES string of the molecule is CCc1c(C(=O)N(CC)Cc2ccc(N(C)C)cc2)[nH]c(C)c1C(C)=O. The zero-order valence-corrected chi connectivity index (χ0v) is 16.6. The van der Waals surface area contributed by atoms with Crippen molar-refractivity contribution in [3.63, 3.8) is 0 Å². The fourth-order valence-electron chi connectivity index (χ4n) is 3.29. The molecule has 0 saturated carbocycles. The third-order valence-corrected chi connectivity index (χ3v) is 4.71. The van der Waals surface area contributed by atoms with Gasteiger partial charge < -0.3 is 14.8 Å². The molecule has 0 radical (unpaired) electrons. The second-order valence-electron chi connectivity index (χ2n) is 6.77. The van der Waals surface area contributed by atoms with E-state index in [0.717, 1.165) is 22.5 Å². The van der Waals surface area contributed by atoms with E-state index < -0.39 is 0 Å². The molecule has 1 amide bonds. The molecule has 140 valence electrons. The van der Waals surface area contributed by atoms with E-state index >= 15 is 0 Å². The molecule has 1 N–H and O–H groups in total. The number of H-pyrrole nitrogens is 1. The highest BCUT2D eigenvalue weighted by atomic mass is 16.2. The number of Topliss-reactive ketones (excluding diaryl/α,β-unsaturated/α-hetero) is 1. The zero-order chi connectivity index (χ0) is 19.4. The minimum absolute atomic E-state index is 0.00280. The van der Waals surface area contributed by atoms with Crippen LogP contribution in [0.25, 0.3) is 0 Å². The lowest BCUT2D eigenvalue weighted by molar-refractivity contribution is 0.0746. The van der Waals surface area contributed by atoms with Crippen LogP contribution in [0.5, 0.6) is 0 Å². The van der Waals surface area contributed by atoms with Crippen LogP contribution in [-0.4, -0.2) is 42.2 Å². The van der Waals surface area contributed by atoms with Crippen LogP contribution in [0.15, 0.2) is 24.3 Å². The number of nitrogens with one attached hydrogen (secondary N) is 1. The summed E-state index contributed by atoms with van der Waals surface area (Å²) in [7, 11) is 4.01. The molecule has 5 nitrogen and oxygen atoms in total. The third kappa shape index (κ3) is 3.98. The number of carbonyl (C=O) groups is 2. The minimum atomic E-state index is -0.0587. The number of rotatable bonds is 7. The van der Waals surface area contributed by atoms with E-state index in [1.54, 1.807) is 11.8 Å². The Morgan fingerprint density at radius 1 is 1.08 bits per heavy atom. The second kappa shape index (κ2) is 8.21. The predicted octanol–water partition coefficient (Wildman–Crippen LogP) is 3.82. The van der Waals surface area contributed by atoms with Gasteiger partial charge in [-0.2, -0.15) is 0 Å². The Kier molecular flexibility index (Phi) is 6.24. The van der Waals surface area contributed by atoms with Gasteiger partial charge in [-0.25, -0.2) is 0 Å². The van der Waals surface area contributed by atoms with E-state index in [-0.39, 0.29) is 11.7 Å². The molecule has 2 rings (SSSR count). The summed E-state index contributed by atoms with van der Waals surface area (Å²) in [5.74, 6) is -0.0615. The zero-order valence-electron chi connectivity index (χ0n) is 16.6. The van der Waals surface area contributed by atoms with Crippen LogP contribution in [0.2, 0.25) is 0 Å². The minimum Gasteiger partial charge on any atom is -0.378 e. The summed E-state index contributed by atoms with van der Waals surface area (Å²) in [6.45, 7) is 8.49. The number of benzene rings is 1. The number of amides is 1. The van der Waals surface area contributed by atoms with E-state index in [1.165, 1.54) is 0 Å². The number of ketones is 1. The highest BCUT2D eigenvalue weighted by molar-refractivity contribution is 6.02. The van der Waals surface area contributed by atoms with Crippen LogP contribution in [-0.2, 0) is 13.0 Å². The van der Waals surface area contributed by atoms with Gasteiger partial charge in [-0.3, -0.25) is 9.59 Å². The van der Waals surface area contributed by atoms with Crippen molar-refractivity contribution < 1.29 is 9.59 Å². The van der Waals surface area contributed by atoms with Crippen LogP contribution in [0.4, 0.5) is 5.69 Å². The maximum atomic E-state index is 13.1. The van der Waals surface area contributed by atoms with Crippen LogP contribution < -0.4 is 4.90 Å². The van der Waals surface area contributed by atoms with E-state index in [0.29, 0.717) is 30.8 Å². The van der Waals surface area contributed by atoms with Crippen LogP contribution in [0, 0.1) is 6.92 Å². The first-order valence-corrected chi connectivity index (χ1v) is 9.08. The monoisotopic (exact) mass is 355 g/mol. The fourth-order valence-corrected chi connectivity index (χ4v) is 3.29. The first-order chi connectivity index (χ1) is 12.3. The van der Waals surface area contributed by atoms with Gasteiger partial charge in [0, 0.05) is 44.1 Å². The Morgan fingerprint density at radius 2 is 1.69 bits per heavy atom. The van der Waals surface area contributed by atoms with E-state index in [1.807, 2.05) is 51.9 Å². The van der Waals surface area contributed by atoms with Gasteiger partial charge in [0.25, 0.3) is 5.91 Å². The molecule has 2 aromatic rings. The standard InChI is InChI=1S/C21H29N3O2/c1-7-18-19(15(4)25)14(3)22-20(18)21(26)24(8-2)13-16-9-11-17(12-10-16)23(5)6/h9-12,22H,7-8,13H2,1-6H3. The molecular weight excluding hydrogens is 326 g/mol. The number of aromatic nitrogens is 1. The van der Waals surface area contributed by atoms with Crippen molar-refractivity contribution in [3.8, 4) is 0 Å². The van der Waals surface area contributed by atoms with Crippen LogP contribution in [0.3, 0.4) is 0 Å². The van der Waals surface area contributed by atoms with Crippen molar-refractivity contribution in [2.75, 3.05) is 25.5 Å². The molecule has 0 unspecified atom stereocenters. The number of hydrogen-bond donors (Lipinski definition) is 1. The van der Waals surface area contributed by atoms with Crippen molar-refractivity contribution in [2.24, 2.45) is 0 Å². The van der Waals surface area contributed by atoms with E-state index in [2.05, 4.69) is 17.1 Å². The van der Waals surface area contributed by atoms with Gasteiger partial charge >= 0.3 is 0 Å². The predicted molar refractivity (Wildman–Crippen MR) is 106 cm³/mol. The number of carbonyl (C=O) groups excluding carboxylic acids is 2. The normalized spacial score (nSPS) is 10.7. The lowest BCUT2D eigenvalue weighted by atomic mass is 10.0. The van der Waals surface area contributed by atoms with Crippen molar-refractivity contribution in [2.45, 2.75) is 40.7 Å². The number of aromatic amines is 1. The maximum Gasteiger partial charge on any atom is 0.270 e. The number of hydrogen-bond acceptors (Lipinski definition) is 3. The van der Waals surface area contributed by atoms with Crippen molar-refractivity contribution in [1.82, 2.24) is 9.88 Å². The highest BCUT2D eigenvalue weighted by Gasteiger charge is 2.24. The lowest BCUT2D eigenvalue weighted by Gasteiger charge is -2.22. The van der Waals surface area contributed by atoms with Crippen molar-refractivity contribution >= 4 is 17.4 Å². The van der Waals surface area contributed by atoms with Crippen molar-refractivity contribution in [3.05, 3.63) is 52.3 Å². The Morgan fingerprint density at radius 3 is 2.15 bits per heavy atom. The smallest absolute Gasteiger partial charge is 0.270 e. The highest BCUT2D eigenvalue weighted by Crippen LogP contribution is 2.23. The van der Waals surface area contributed by atoms with Gasteiger partial charge in [-0.15, -0.1) is 0 Å². The molecular formula is C21H29N3O2. The van der Waals surface area contributed by atoms with Gasteiger partial charge in [-0.05, 0) is 50.5 Å². The summed E-state index contributed by atoms with van der Waals surface area (Å²) in [5, 5.41) is 0. The number of aryl methyl sites for hydroxylation is 1. The van der Waals surface area contributed by atoms with E-state index in [9.17, 15) is 9.59 Å².